The highest BCUT2D eigenvalue weighted by molar-refractivity contribution is 6.31. The molecule has 5 nitrogen and oxygen atoms in total. The molecule has 1 saturated heterocycles. The normalized spacial score (nSPS) is 20.1. The minimum absolute atomic E-state index is 0.332. The molecular formula is C14H23ClN4O. The van der Waals surface area contributed by atoms with Gasteiger partial charge >= 0.3 is 0 Å². The Morgan fingerprint density at radius 1 is 1.55 bits per heavy atom. The highest BCUT2D eigenvalue weighted by Gasteiger charge is 2.21. The van der Waals surface area contributed by atoms with Crippen molar-refractivity contribution in [2.45, 2.75) is 38.8 Å². The number of likely N-dealkylation sites (tertiary alicyclic amines) is 1. The van der Waals surface area contributed by atoms with Crippen molar-refractivity contribution in [3.63, 3.8) is 0 Å². The fourth-order valence-corrected chi connectivity index (χ4v) is 2.63. The molecule has 0 saturated carbocycles. The lowest BCUT2D eigenvalue weighted by atomic mass is 10.1. The van der Waals surface area contributed by atoms with E-state index in [1.807, 2.05) is 6.07 Å². The average molecular weight is 299 g/mol. The van der Waals surface area contributed by atoms with Crippen molar-refractivity contribution in [1.82, 2.24) is 9.88 Å². The van der Waals surface area contributed by atoms with Gasteiger partial charge in [-0.2, -0.15) is 0 Å². The van der Waals surface area contributed by atoms with Gasteiger partial charge in [0.05, 0.1) is 16.8 Å². The minimum atomic E-state index is 0.332. The maximum Gasteiger partial charge on any atom is 0.140 e. The first kappa shape index (κ1) is 15.5. The van der Waals surface area contributed by atoms with Gasteiger partial charge in [0.25, 0.3) is 0 Å². The SMILES string of the molecule is CCCOC1CCCN(Cc2nc(NN)ccc2Cl)C1. The highest BCUT2D eigenvalue weighted by atomic mass is 35.5. The lowest BCUT2D eigenvalue weighted by molar-refractivity contribution is -0.00250. The number of hydrazine groups is 1. The first-order valence-corrected chi connectivity index (χ1v) is 7.56. The van der Waals surface area contributed by atoms with E-state index in [0.29, 0.717) is 16.9 Å². The molecule has 0 aromatic carbocycles. The van der Waals surface area contributed by atoms with Crippen molar-refractivity contribution in [3.8, 4) is 0 Å². The summed E-state index contributed by atoms with van der Waals surface area (Å²) < 4.78 is 5.85. The number of piperidine rings is 1. The number of ether oxygens (including phenoxy) is 1. The first-order chi connectivity index (χ1) is 9.72. The molecule has 6 heteroatoms. The number of aromatic nitrogens is 1. The van der Waals surface area contributed by atoms with Crippen molar-refractivity contribution in [2.75, 3.05) is 25.1 Å². The summed E-state index contributed by atoms with van der Waals surface area (Å²) in [6.45, 7) is 5.71. The summed E-state index contributed by atoms with van der Waals surface area (Å²) in [5.74, 6) is 6.03. The fraction of sp³-hybridized carbons (Fsp3) is 0.643. The molecule has 0 aliphatic carbocycles. The zero-order chi connectivity index (χ0) is 14.4. The van der Waals surface area contributed by atoms with Crippen LogP contribution in [-0.2, 0) is 11.3 Å². The summed E-state index contributed by atoms with van der Waals surface area (Å²) >= 11 is 6.20. The monoisotopic (exact) mass is 298 g/mol. The van der Waals surface area contributed by atoms with Gasteiger partial charge in [-0.15, -0.1) is 0 Å². The van der Waals surface area contributed by atoms with E-state index in [1.54, 1.807) is 6.07 Å². The molecule has 0 spiro atoms. The van der Waals surface area contributed by atoms with Gasteiger partial charge in [-0.25, -0.2) is 10.8 Å². The summed E-state index contributed by atoms with van der Waals surface area (Å²) in [7, 11) is 0. The lowest BCUT2D eigenvalue weighted by Crippen LogP contribution is -2.39. The van der Waals surface area contributed by atoms with Gasteiger partial charge in [0.2, 0.25) is 0 Å². The molecule has 1 aromatic rings. The van der Waals surface area contributed by atoms with Gasteiger partial charge in [-0.3, -0.25) is 4.90 Å². The van der Waals surface area contributed by atoms with Gasteiger partial charge in [0.1, 0.15) is 5.82 Å². The van der Waals surface area contributed by atoms with Crippen LogP contribution >= 0.6 is 11.6 Å². The van der Waals surface area contributed by atoms with Gasteiger partial charge in [-0.05, 0) is 37.9 Å². The Kier molecular flexibility index (Phi) is 6.04. The van der Waals surface area contributed by atoms with Crippen molar-refractivity contribution in [2.24, 2.45) is 5.84 Å². The number of hydrogen-bond acceptors (Lipinski definition) is 5. The van der Waals surface area contributed by atoms with Crippen molar-refractivity contribution in [1.29, 1.82) is 0 Å². The molecule has 1 fully saturated rings. The quantitative estimate of drug-likeness (QED) is 0.624. The van der Waals surface area contributed by atoms with Gasteiger partial charge < -0.3 is 10.2 Å². The van der Waals surface area contributed by atoms with E-state index >= 15 is 0 Å². The molecular weight excluding hydrogens is 276 g/mol. The molecule has 1 aromatic heterocycles. The number of rotatable bonds is 6. The van der Waals surface area contributed by atoms with E-state index in [-0.39, 0.29) is 0 Å². The number of halogens is 1. The van der Waals surface area contributed by atoms with Crippen LogP contribution in [0.1, 0.15) is 31.9 Å². The molecule has 1 aliphatic rings. The Bertz CT molecular complexity index is 430. The zero-order valence-electron chi connectivity index (χ0n) is 11.9. The summed E-state index contributed by atoms with van der Waals surface area (Å²) in [6, 6.07) is 3.60. The molecule has 112 valence electrons. The Morgan fingerprint density at radius 3 is 3.15 bits per heavy atom. The second kappa shape index (κ2) is 7.78. The highest BCUT2D eigenvalue weighted by Crippen LogP contribution is 2.21. The predicted octanol–water partition coefficient (Wildman–Crippen LogP) is 2.41. The summed E-state index contributed by atoms with van der Waals surface area (Å²) in [4.78, 5) is 6.77. The Labute approximate surface area is 125 Å². The van der Waals surface area contributed by atoms with Gasteiger partial charge in [-0.1, -0.05) is 18.5 Å². The third kappa shape index (κ3) is 4.31. The van der Waals surface area contributed by atoms with E-state index in [1.165, 1.54) is 0 Å². The summed E-state index contributed by atoms with van der Waals surface area (Å²) in [6.07, 6.45) is 3.69. The van der Waals surface area contributed by atoms with E-state index in [2.05, 4.69) is 22.2 Å². The van der Waals surface area contributed by atoms with Gasteiger partial charge in [0, 0.05) is 19.7 Å². The summed E-state index contributed by atoms with van der Waals surface area (Å²) in [5.41, 5.74) is 3.42. The molecule has 2 rings (SSSR count). The maximum absolute atomic E-state index is 6.20. The van der Waals surface area contributed by atoms with Crippen LogP contribution in [0.3, 0.4) is 0 Å². The van der Waals surface area contributed by atoms with Crippen LogP contribution in [0, 0.1) is 0 Å². The van der Waals surface area contributed by atoms with E-state index in [4.69, 9.17) is 22.2 Å². The van der Waals surface area contributed by atoms with Crippen LogP contribution in [0.5, 0.6) is 0 Å². The molecule has 20 heavy (non-hydrogen) atoms. The topological polar surface area (TPSA) is 63.4 Å². The third-order valence-corrected chi connectivity index (χ3v) is 3.80. The van der Waals surface area contributed by atoms with E-state index in [9.17, 15) is 0 Å². The minimum Gasteiger partial charge on any atom is -0.377 e. The second-order valence-corrected chi connectivity index (χ2v) is 5.55. The number of nitrogen functional groups attached to an aromatic ring is 1. The molecule has 0 bridgehead atoms. The Morgan fingerprint density at radius 2 is 2.40 bits per heavy atom. The number of nitrogens with two attached hydrogens (primary N) is 1. The van der Waals surface area contributed by atoms with Crippen LogP contribution in [0.4, 0.5) is 5.82 Å². The van der Waals surface area contributed by atoms with Crippen molar-refractivity contribution >= 4 is 17.4 Å². The van der Waals surface area contributed by atoms with Crippen LogP contribution in [0.2, 0.25) is 5.02 Å². The number of pyridine rings is 1. The largest absolute Gasteiger partial charge is 0.377 e. The number of nitrogens with one attached hydrogen (secondary N) is 1. The van der Waals surface area contributed by atoms with Crippen LogP contribution < -0.4 is 11.3 Å². The smallest absolute Gasteiger partial charge is 0.140 e. The molecule has 1 aliphatic heterocycles. The molecule has 0 radical (unpaired) electrons. The summed E-state index contributed by atoms with van der Waals surface area (Å²) in [5, 5.41) is 0.681. The van der Waals surface area contributed by atoms with Crippen LogP contribution in [0.25, 0.3) is 0 Å². The standard InChI is InChI=1S/C14H23ClN4O/c1-2-8-20-11-4-3-7-19(9-11)10-13-12(15)5-6-14(17-13)18-16/h5-6,11H,2-4,7-10,16H2,1H3,(H,17,18). The molecule has 1 unspecified atom stereocenters. The number of hydrogen-bond donors (Lipinski definition) is 2. The Hall–Kier alpha value is -0.880. The fourth-order valence-electron chi connectivity index (χ4n) is 2.46. The van der Waals surface area contributed by atoms with Crippen molar-refractivity contribution < 1.29 is 4.74 Å². The third-order valence-electron chi connectivity index (χ3n) is 3.46. The van der Waals surface area contributed by atoms with Gasteiger partial charge in [0.15, 0.2) is 0 Å². The second-order valence-electron chi connectivity index (χ2n) is 5.14. The zero-order valence-corrected chi connectivity index (χ0v) is 12.7. The van der Waals surface area contributed by atoms with Crippen LogP contribution in [0.15, 0.2) is 12.1 Å². The van der Waals surface area contributed by atoms with Crippen molar-refractivity contribution in [3.05, 3.63) is 22.8 Å². The Balaban J connectivity index is 1.95. The molecule has 2 heterocycles. The molecule has 0 amide bonds. The van der Waals surface area contributed by atoms with E-state index < -0.39 is 0 Å². The van der Waals surface area contributed by atoms with Crippen LogP contribution in [-0.4, -0.2) is 35.7 Å². The molecule has 3 N–H and O–H groups in total. The predicted molar refractivity (Wildman–Crippen MR) is 81.6 cm³/mol. The molecule has 1 atom stereocenters. The maximum atomic E-state index is 6.20. The lowest BCUT2D eigenvalue weighted by Gasteiger charge is -2.32. The first-order valence-electron chi connectivity index (χ1n) is 7.19. The number of nitrogens with zero attached hydrogens (tertiary/aromatic N) is 2. The number of anilines is 1. The van der Waals surface area contributed by atoms with E-state index in [0.717, 1.165) is 51.2 Å². The average Bonchev–Trinajstić information content (AvgIpc) is 2.48.